The topological polar surface area (TPSA) is 0 Å². The molecule has 0 saturated heterocycles. The maximum absolute atomic E-state index is 3.25. The van der Waals surface area contributed by atoms with Gasteiger partial charge in [0.1, 0.15) is 0 Å². The van der Waals surface area contributed by atoms with Gasteiger partial charge in [0.2, 0.25) is 0 Å². The zero-order chi connectivity index (χ0) is 10.0. The van der Waals surface area contributed by atoms with Gasteiger partial charge in [0, 0.05) is 31.6 Å². The van der Waals surface area contributed by atoms with Crippen molar-refractivity contribution >= 4 is 0 Å². The van der Waals surface area contributed by atoms with Gasteiger partial charge >= 0.3 is 0 Å². The third-order valence-corrected chi connectivity index (χ3v) is 0. The van der Waals surface area contributed by atoms with Gasteiger partial charge in [0.15, 0.2) is 0 Å². The van der Waals surface area contributed by atoms with Crippen LogP contribution in [0.2, 0.25) is 0 Å². The minimum Gasteiger partial charge on any atom is -0.0683 e. The summed E-state index contributed by atoms with van der Waals surface area (Å²) >= 11 is 0. The molecule has 0 N–H and O–H groups in total. The molecule has 0 fully saturated rings. The molecule has 0 amide bonds. The molecule has 0 aromatic rings. The molecule has 0 aliphatic rings. The van der Waals surface area contributed by atoms with E-state index in [4.69, 9.17) is 0 Å². The zero-order valence-corrected chi connectivity index (χ0v) is 12.8. The Kier molecular flexibility index (Phi) is 45800000. The molecule has 1 radical (unpaired) electrons. The van der Waals surface area contributed by atoms with Crippen LogP contribution < -0.4 is 0 Å². The van der Waals surface area contributed by atoms with Gasteiger partial charge in [-0.05, 0) is 0 Å². The number of hydrogen-bond acceptors (Lipinski definition) is 0. The van der Waals surface area contributed by atoms with Crippen LogP contribution in [0.1, 0.15) is 55.4 Å². The van der Waals surface area contributed by atoms with Crippen molar-refractivity contribution in [1.29, 1.82) is 0 Å². The molecule has 1 heteroatoms. The molecule has 13 heavy (non-hydrogen) atoms. The van der Waals surface area contributed by atoms with E-state index in [9.17, 15) is 0 Å². The van der Waals surface area contributed by atoms with Crippen LogP contribution in [0.3, 0.4) is 0 Å². The van der Waals surface area contributed by atoms with E-state index in [-0.39, 0.29) is 31.6 Å². The Labute approximate surface area is 101 Å². The molecule has 0 unspecified atom stereocenters. The van der Waals surface area contributed by atoms with Crippen LogP contribution in [-0.4, -0.2) is 0 Å². The second-order valence-corrected chi connectivity index (χ2v) is 0. The van der Waals surface area contributed by atoms with E-state index >= 15 is 0 Å². The fourth-order valence-electron chi connectivity index (χ4n) is 0. The molecule has 0 aliphatic heterocycles. The SMILES string of the molecule is CC.CC.CC.[CH2+]C.[CH2+]C.[CH3+].[CH3+].[Co]. The minimum absolute atomic E-state index is 0. The summed E-state index contributed by atoms with van der Waals surface area (Å²) in [6.45, 7) is 22.0. The molecule has 0 aromatic carbocycles. The molecule has 0 nitrogen and oxygen atoms in total. The molecular formula is C12H34Co+4. The van der Waals surface area contributed by atoms with Crippen LogP contribution in [-0.2, 0) is 16.8 Å². The van der Waals surface area contributed by atoms with Gasteiger partial charge < -0.3 is 0 Å². The number of rotatable bonds is 0. The summed E-state index contributed by atoms with van der Waals surface area (Å²) in [4.78, 5) is 0. The van der Waals surface area contributed by atoms with E-state index in [1.807, 2.05) is 41.5 Å². The van der Waals surface area contributed by atoms with E-state index in [2.05, 4.69) is 13.8 Å². The summed E-state index contributed by atoms with van der Waals surface area (Å²) in [5, 5.41) is 0. The molecule has 0 rings (SSSR count). The maximum atomic E-state index is 3.25. The molecule has 0 atom stereocenters. The predicted octanol–water partition coefficient (Wildman–Crippen LogP) is 5.66. The van der Waals surface area contributed by atoms with E-state index in [0.717, 1.165) is 0 Å². The molecule has 0 saturated carbocycles. The van der Waals surface area contributed by atoms with Gasteiger partial charge in [-0.1, -0.05) is 41.5 Å². The van der Waals surface area contributed by atoms with Crippen LogP contribution in [0.25, 0.3) is 0 Å². The summed E-state index contributed by atoms with van der Waals surface area (Å²) in [5.74, 6) is 0. The van der Waals surface area contributed by atoms with Gasteiger partial charge in [0.25, 0.3) is 0 Å². The molecule has 0 bridgehead atoms. The quantitative estimate of drug-likeness (QED) is 0.477. The second kappa shape index (κ2) is 7930000. The summed E-state index contributed by atoms with van der Waals surface area (Å²) in [5.41, 5.74) is 0. The maximum Gasteiger partial charge on any atom is 0.0746 e. The van der Waals surface area contributed by atoms with Crippen molar-refractivity contribution in [3.05, 3.63) is 28.7 Å². The third-order valence-electron chi connectivity index (χ3n) is 0. The van der Waals surface area contributed by atoms with Crippen molar-refractivity contribution in [2.75, 3.05) is 0 Å². The largest absolute Gasteiger partial charge is 0.0746 e. The standard InChI is InChI=1S/3C2H6.2C2H5.2CH3.Co/c5*1-2;;;/h3*1-2H3;2*1H2,2H3;2*1H3;/q;;;4*+1;. The molecule has 0 heterocycles. The van der Waals surface area contributed by atoms with E-state index < -0.39 is 0 Å². The Morgan fingerprint density at radius 1 is 0.462 bits per heavy atom. The van der Waals surface area contributed by atoms with Gasteiger partial charge in [0.05, 0.1) is 27.7 Å². The first kappa shape index (κ1) is 75.0. The summed E-state index contributed by atoms with van der Waals surface area (Å²) in [7, 11) is 0. The predicted molar refractivity (Wildman–Crippen MR) is 68.9 cm³/mol. The molecular weight excluding hydrogens is 203 g/mol. The van der Waals surface area contributed by atoms with Crippen LogP contribution in [0, 0.1) is 28.7 Å². The Morgan fingerprint density at radius 2 is 0.462 bits per heavy atom. The second-order valence-electron chi connectivity index (χ2n) is 0. The molecule has 0 spiro atoms. The van der Waals surface area contributed by atoms with Crippen LogP contribution in [0.15, 0.2) is 0 Å². The van der Waals surface area contributed by atoms with Crippen molar-refractivity contribution in [3.8, 4) is 0 Å². The van der Waals surface area contributed by atoms with Crippen LogP contribution in [0.5, 0.6) is 0 Å². The van der Waals surface area contributed by atoms with Crippen molar-refractivity contribution in [3.63, 3.8) is 0 Å². The van der Waals surface area contributed by atoms with E-state index in [0.29, 0.717) is 0 Å². The van der Waals surface area contributed by atoms with E-state index in [1.54, 1.807) is 13.8 Å². The first-order chi connectivity index (χ1) is 5.00. The minimum atomic E-state index is 0. The van der Waals surface area contributed by atoms with Crippen molar-refractivity contribution < 1.29 is 16.8 Å². The van der Waals surface area contributed by atoms with Gasteiger partial charge in [-0.25, -0.2) is 0 Å². The normalized spacial score (nSPS) is 2.15. The fourth-order valence-corrected chi connectivity index (χ4v) is 0. The molecule has 0 aliphatic carbocycles. The van der Waals surface area contributed by atoms with Crippen molar-refractivity contribution in [2.45, 2.75) is 55.4 Å². The Morgan fingerprint density at radius 3 is 0.462 bits per heavy atom. The fraction of sp³-hybridized carbons (Fsp3) is 0.667. The van der Waals surface area contributed by atoms with Crippen LogP contribution in [0.4, 0.5) is 0 Å². The van der Waals surface area contributed by atoms with E-state index in [1.165, 1.54) is 0 Å². The Hall–Kier alpha value is -0.0135. The number of hydrogen-bond donors (Lipinski definition) is 0. The van der Waals surface area contributed by atoms with Crippen molar-refractivity contribution in [2.24, 2.45) is 0 Å². The average molecular weight is 237 g/mol. The zero-order valence-electron chi connectivity index (χ0n) is 11.7. The average Bonchev–Trinajstić information content (AvgIpc) is 2.20. The van der Waals surface area contributed by atoms with Crippen molar-refractivity contribution in [1.82, 2.24) is 0 Å². The summed E-state index contributed by atoms with van der Waals surface area (Å²) in [6, 6.07) is 0. The monoisotopic (exact) mass is 237 g/mol. The smallest absolute Gasteiger partial charge is 0.0683 e. The van der Waals surface area contributed by atoms with Gasteiger partial charge in [-0.2, -0.15) is 0 Å². The molecule has 87 valence electrons. The molecule has 0 aromatic heterocycles. The van der Waals surface area contributed by atoms with Gasteiger partial charge in [-0.3, -0.25) is 0 Å². The summed E-state index contributed by atoms with van der Waals surface area (Å²) < 4.78 is 0. The Balaban J connectivity index is -0.00000000379. The van der Waals surface area contributed by atoms with Crippen LogP contribution >= 0.6 is 0 Å². The van der Waals surface area contributed by atoms with Gasteiger partial charge in [-0.15, -0.1) is 0 Å². The summed E-state index contributed by atoms with van der Waals surface area (Å²) in [6.07, 6.45) is 0. The Bertz CT molecular complexity index is 5.09. The first-order valence-electron chi connectivity index (χ1n) is 4.41. The first-order valence-corrected chi connectivity index (χ1v) is 4.41. The third kappa shape index (κ3) is 6550000.